The number of aryl methyl sites for hydroxylation is 1. The van der Waals surface area contributed by atoms with Gasteiger partial charge in [0.05, 0.1) is 18.4 Å². The van der Waals surface area contributed by atoms with Crippen LogP contribution in [0, 0.1) is 26.8 Å². The molecule has 0 saturated heterocycles. The molecule has 0 radical (unpaired) electrons. The Morgan fingerprint density at radius 2 is 1.97 bits per heavy atom. The molecule has 0 amide bonds. The Bertz CT molecular complexity index is 1200. The maximum Gasteiger partial charge on any atom is 1.00 e. The van der Waals surface area contributed by atoms with Gasteiger partial charge in [-0.1, -0.05) is 37.0 Å². The second-order valence-corrected chi connectivity index (χ2v) is 7.34. The maximum atomic E-state index is 5.79. The molecule has 4 rings (SSSR count). The van der Waals surface area contributed by atoms with Crippen LogP contribution in [0.25, 0.3) is 34.3 Å². The fraction of sp³-hybridized carbons (Fsp3) is 0.259. The van der Waals surface area contributed by atoms with Crippen LogP contribution < -0.4 is 18.9 Å². The van der Waals surface area contributed by atoms with Crippen LogP contribution in [0.5, 0.6) is 0 Å². The van der Waals surface area contributed by atoms with Crippen molar-refractivity contribution in [2.75, 3.05) is 34.0 Å². The first-order valence-electron chi connectivity index (χ1n) is 10.9. The summed E-state index contributed by atoms with van der Waals surface area (Å²) >= 11 is 0. The van der Waals surface area contributed by atoms with Crippen molar-refractivity contribution in [3.05, 3.63) is 86.0 Å². The van der Waals surface area contributed by atoms with E-state index in [4.69, 9.17) is 13.9 Å². The van der Waals surface area contributed by atoms with Gasteiger partial charge >= 0.3 is 18.9 Å². The number of hydrogen-bond donors (Lipinski definition) is 0. The first-order chi connectivity index (χ1) is 16.6. The zero-order valence-electron chi connectivity index (χ0n) is 20.9. The number of methoxy groups -OCH3 is 2. The van der Waals surface area contributed by atoms with Crippen molar-refractivity contribution < 1.29 is 37.5 Å². The van der Waals surface area contributed by atoms with E-state index in [0.717, 1.165) is 16.8 Å². The Morgan fingerprint density at radius 3 is 2.63 bits per heavy atom. The quantitative estimate of drug-likeness (QED) is 0.278. The van der Waals surface area contributed by atoms with Gasteiger partial charge in [0.25, 0.3) is 0 Å². The molecule has 4 aromatic rings. The second kappa shape index (κ2) is 14.7. The van der Waals surface area contributed by atoms with Gasteiger partial charge in [0.2, 0.25) is 0 Å². The Labute approximate surface area is 219 Å². The summed E-state index contributed by atoms with van der Waals surface area (Å²) in [4.78, 5) is 4.66. The average Bonchev–Trinajstić information content (AvgIpc) is 3.49. The molecule has 35 heavy (non-hydrogen) atoms. The van der Waals surface area contributed by atoms with Crippen molar-refractivity contribution >= 4 is 17.2 Å². The Morgan fingerprint density at radius 1 is 1.17 bits per heavy atom. The minimum absolute atomic E-state index is 0. The predicted molar refractivity (Wildman–Crippen MR) is 133 cm³/mol. The van der Waals surface area contributed by atoms with Gasteiger partial charge in [0.15, 0.2) is 0 Å². The third-order valence-electron chi connectivity index (χ3n) is 4.83. The summed E-state index contributed by atoms with van der Waals surface area (Å²) in [5.74, 6) is 1.36. The summed E-state index contributed by atoms with van der Waals surface area (Å²) in [5, 5.41) is 4.66. The molecule has 3 heterocycles. The van der Waals surface area contributed by atoms with Gasteiger partial charge in [-0.05, 0) is 42.8 Å². The van der Waals surface area contributed by atoms with Gasteiger partial charge < -0.3 is 37.5 Å². The molecule has 8 heteroatoms. The van der Waals surface area contributed by atoms with Crippen LogP contribution in [0.1, 0.15) is 11.3 Å². The number of furan rings is 1. The summed E-state index contributed by atoms with van der Waals surface area (Å²) in [7, 11) is 3.28. The molecule has 1 atom stereocenters. The predicted octanol–water partition coefficient (Wildman–Crippen LogP) is 2.14. The van der Waals surface area contributed by atoms with Crippen LogP contribution >= 0.6 is 0 Å². The second-order valence-electron chi connectivity index (χ2n) is 7.34. The van der Waals surface area contributed by atoms with Crippen LogP contribution in [0.2, 0.25) is 0 Å². The smallest absolute Gasteiger partial charge is 0.482 e. The molecule has 3 aromatic heterocycles. The fourth-order valence-corrected chi connectivity index (χ4v) is 3.15. The molecule has 0 bridgehead atoms. The Balaban J connectivity index is 0.000000656. The summed E-state index contributed by atoms with van der Waals surface area (Å²) in [6, 6.07) is 17.0. The molecule has 180 valence electrons. The molecular weight excluding hydrogens is 437 g/mol. The van der Waals surface area contributed by atoms with Gasteiger partial charge in [-0.2, -0.15) is 5.10 Å². The van der Waals surface area contributed by atoms with Crippen molar-refractivity contribution in [2.45, 2.75) is 13.0 Å². The van der Waals surface area contributed by atoms with Crippen LogP contribution in [0.3, 0.4) is 0 Å². The minimum atomic E-state index is -0.134. The molecule has 0 aliphatic carbocycles. The number of hydrogen-bond acceptors (Lipinski definition) is 6. The van der Waals surface area contributed by atoms with Crippen molar-refractivity contribution in [3.63, 3.8) is 0 Å². The number of aromatic nitrogens is 3. The van der Waals surface area contributed by atoms with Gasteiger partial charge in [0.1, 0.15) is 5.76 Å². The van der Waals surface area contributed by atoms with Crippen LogP contribution in [0.4, 0.5) is 0 Å². The van der Waals surface area contributed by atoms with E-state index in [0.29, 0.717) is 37.0 Å². The summed E-state index contributed by atoms with van der Waals surface area (Å²) in [6.45, 7) is 10.4. The van der Waals surface area contributed by atoms with Gasteiger partial charge in [-0.3, -0.25) is 4.68 Å². The molecule has 1 unspecified atom stereocenters. The number of ether oxygens (including phenoxy) is 3. The first-order valence-corrected chi connectivity index (χ1v) is 10.9. The molecule has 1 aromatic carbocycles. The van der Waals surface area contributed by atoms with E-state index in [1.807, 2.05) is 42.6 Å². The van der Waals surface area contributed by atoms with E-state index in [1.54, 1.807) is 25.0 Å². The molecular formula is C27H30LiN3O4-2. The third-order valence-corrected chi connectivity index (χ3v) is 4.83. The Kier molecular flexibility index (Phi) is 12.0. The van der Waals surface area contributed by atoms with E-state index in [2.05, 4.69) is 53.8 Å². The largest absolute Gasteiger partial charge is 1.00 e. The fourth-order valence-electron chi connectivity index (χ4n) is 3.15. The van der Waals surface area contributed by atoms with Gasteiger partial charge in [0, 0.05) is 37.4 Å². The van der Waals surface area contributed by atoms with E-state index < -0.39 is 0 Å². The van der Waals surface area contributed by atoms with E-state index in [1.165, 1.54) is 5.56 Å². The number of fused-ring (bicyclic) bond motifs is 1. The third kappa shape index (κ3) is 8.20. The van der Waals surface area contributed by atoms with E-state index in [-0.39, 0.29) is 25.0 Å². The topological polar surface area (TPSA) is 71.5 Å². The average molecular weight is 467 g/mol. The zero-order valence-corrected chi connectivity index (χ0v) is 20.9. The van der Waals surface area contributed by atoms with E-state index >= 15 is 0 Å². The molecule has 0 N–H and O–H groups in total. The summed E-state index contributed by atoms with van der Waals surface area (Å²) in [6.07, 6.45) is 5.51. The number of benzene rings is 1. The van der Waals surface area contributed by atoms with Crippen molar-refractivity contribution in [3.8, 4) is 17.1 Å². The van der Waals surface area contributed by atoms with Crippen molar-refractivity contribution in [1.82, 2.24) is 14.8 Å². The molecule has 0 fully saturated rings. The molecule has 0 saturated carbocycles. The number of nitrogens with zero attached hydrogens (tertiary/aromatic N) is 3. The zero-order chi connectivity index (χ0) is 24.3. The summed E-state index contributed by atoms with van der Waals surface area (Å²) < 4.78 is 22.6. The number of rotatable bonds is 9. The van der Waals surface area contributed by atoms with Crippen molar-refractivity contribution in [1.29, 1.82) is 0 Å². The molecule has 0 aliphatic rings. The minimum Gasteiger partial charge on any atom is -0.482 e. The molecule has 7 nitrogen and oxygen atoms in total. The maximum absolute atomic E-state index is 5.79. The molecule has 0 aliphatic heterocycles. The van der Waals surface area contributed by atoms with Crippen molar-refractivity contribution in [2.24, 2.45) is 0 Å². The van der Waals surface area contributed by atoms with Crippen LogP contribution in [0.15, 0.2) is 59.2 Å². The van der Waals surface area contributed by atoms with Gasteiger partial charge in [-0.25, -0.2) is 0 Å². The SMILES string of the molecule is COCC(/C=C/c1cc2nc(-n3ccc(-c4cccc(C)c4)n3)c[c-]c2o1)OC.[CH2-]COC[CH2-].[Li+]. The van der Waals surface area contributed by atoms with Crippen LogP contribution in [-0.2, 0) is 14.2 Å². The monoisotopic (exact) mass is 467 g/mol. The first kappa shape index (κ1) is 28.6. The molecule has 0 spiro atoms. The van der Waals surface area contributed by atoms with Gasteiger partial charge in [-0.15, -0.1) is 12.1 Å². The standard InChI is InChI=1S/C23H22N3O3.C4H8O.Li/c1-16-5-4-6-17(13-16)20-11-12-26(25-20)23-10-9-22-21(24-23)14-18(29-22)7-8-19(28-3)15-27-2;1-3-5-4-2;/h4-8,10-14,19H,15H2,1-3H3;1-4H2;/q-1;-2;+1/b8-7+;;. The van der Waals surface area contributed by atoms with E-state index in [9.17, 15) is 0 Å². The Hall–Kier alpha value is -2.66. The summed E-state index contributed by atoms with van der Waals surface area (Å²) in [5.41, 5.74) is 4.49. The number of pyridine rings is 1. The normalized spacial score (nSPS) is 11.8. The van der Waals surface area contributed by atoms with Crippen LogP contribution in [-0.4, -0.2) is 54.9 Å².